The summed E-state index contributed by atoms with van der Waals surface area (Å²) in [5, 5.41) is 3.21. The van der Waals surface area contributed by atoms with Crippen LogP contribution in [0.5, 0.6) is 0 Å². The van der Waals surface area contributed by atoms with Crippen molar-refractivity contribution in [2.75, 3.05) is 26.2 Å². The molecule has 4 rings (SSSR count). The number of fused-ring (bicyclic) bond motifs is 1. The summed E-state index contributed by atoms with van der Waals surface area (Å²) >= 11 is 0. The molecule has 0 unspecified atom stereocenters. The SMILES string of the molecule is Cc1nc2c([nH]1)CN(C(=O)NC[C@H]1CCCN(C3CCCCC3)C1)CC2. The van der Waals surface area contributed by atoms with E-state index >= 15 is 0 Å². The van der Waals surface area contributed by atoms with Crippen LogP contribution in [-0.4, -0.2) is 58.0 Å². The maximum atomic E-state index is 12.6. The molecule has 0 aromatic carbocycles. The smallest absolute Gasteiger partial charge is 0.317 e. The van der Waals surface area contributed by atoms with Crippen molar-refractivity contribution in [1.29, 1.82) is 0 Å². The first-order valence-electron chi connectivity index (χ1n) is 10.5. The summed E-state index contributed by atoms with van der Waals surface area (Å²) < 4.78 is 0. The predicted octanol–water partition coefficient (Wildman–Crippen LogP) is 2.83. The zero-order valence-electron chi connectivity index (χ0n) is 16.1. The quantitative estimate of drug-likeness (QED) is 0.872. The molecule has 1 aliphatic carbocycles. The highest BCUT2D eigenvalue weighted by molar-refractivity contribution is 5.74. The lowest BCUT2D eigenvalue weighted by molar-refractivity contribution is 0.0976. The van der Waals surface area contributed by atoms with Crippen molar-refractivity contribution < 1.29 is 4.79 Å². The van der Waals surface area contributed by atoms with Gasteiger partial charge in [0.1, 0.15) is 5.82 Å². The Hall–Kier alpha value is -1.56. The number of aryl methyl sites for hydroxylation is 1. The molecule has 2 amide bonds. The number of nitrogens with zero attached hydrogens (tertiary/aromatic N) is 3. The van der Waals surface area contributed by atoms with E-state index in [4.69, 9.17) is 0 Å². The Kier molecular flexibility index (Phi) is 5.48. The molecule has 6 nitrogen and oxygen atoms in total. The van der Waals surface area contributed by atoms with Gasteiger partial charge in [0.2, 0.25) is 0 Å². The molecule has 0 radical (unpaired) electrons. The third kappa shape index (κ3) is 4.05. The lowest BCUT2D eigenvalue weighted by Crippen LogP contribution is -2.48. The Bertz CT molecular complexity index is 622. The van der Waals surface area contributed by atoms with Crippen LogP contribution in [0.25, 0.3) is 0 Å². The summed E-state index contributed by atoms with van der Waals surface area (Å²) in [5.74, 6) is 1.55. The van der Waals surface area contributed by atoms with Gasteiger partial charge in [-0.25, -0.2) is 9.78 Å². The molecule has 1 saturated heterocycles. The van der Waals surface area contributed by atoms with E-state index in [0.29, 0.717) is 12.5 Å². The summed E-state index contributed by atoms with van der Waals surface area (Å²) in [7, 11) is 0. The van der Waals surface area contributed by atoms with Crippen LogP contribution in [-0.2, 0) is 13.0 Å². The largest absolute Gasteiger partial charge is 0.344 e. The van der Waals surface area contributed by atoms with Crippen molar-refractivity contribution in [1.82, 2.24) is 25.1 Å². The van der Waals surface area contributed by atoms with Crippen molar-refractivity contribution in [3.8, 4) is 0 Å². The van der Waals surface area contributed by atoms with Crippen LogP contribution >= 0.6 is 0 Å². The number of H-pyrrole nitrogens is 1. The van der Waals surface area contributed by atoms with Gasteiger partial charge in [-0.2, -0.15) is 0 Å². The molecule has 0 spiro atoms. The van der Waals surface area contributed by atoms with Gasteiger partial charge in [-0.05, 0) is 45.1 Å². The number of piperidine rings is 1. The van der Waals surface area contributed by atoms with E-state index in [1.807, 2.05) is 11.8 Å². The number of aromatic amines is 1. The molecule has 2 aliphatic heterocycles. The standard InChI is InChI=1S/C20H33N5O/c1-15-22-18-9-11-25(14-19(18)23-15)20(26)21-12-16-6-5-10-24(13-16)17-7-3-2-4-8-17/h16-17H,2-14H2,1H3,(H,21,26)(H,22,23)/t16-/m1/s1. The van der Waals surface area contributed by atoms with E-state index in [-0.39, 0.29) is 6.03 Å². The third-order valence-corrected chi connectivity index (χ3v) is 6.42. The van der Waals surface area contributed by atoms with Crippen LogP contribution in [0, 0.1) is 12.8 Å². The number of carbonyl (C=O) groups is 1. The van der Waals surface area contributed by atoms with Crippen molar-refractivity contribution >= 4 is 6.03 Å². The summed E-state index contributed by atoms with van der Waals surface area (Å²) in [5.41, 5.74) is 2.23. The fourth-order valence-electron chi connectivity index (χ4n) is 5.00. The van der Waals surface area contributed by atoms with Crippen molar-refractivity contribution in [2.24, 2.45) is 5.92 Å². The molecule has 1 atom stereocenters. The van der Waals surface area contributed by atoms with Gasteiger partial charge in [-0.15, -0.1) is 0 Å². The van der Waals surface area contributed by atoms with Crippen LogP contribution in [0.15, 0.2) is 0 Å². The van der Waals surface area contributed by atoms with Gasteiger partial charge in [0.25, 0.3) is 0 Å². The van der Waals surface area contributed by atoms with Crippen LogP contribution in [0.1, 0.15) is 62.2 Å². The molecule has 1 saturated carbocycles. The summed E-state index contributed by atoms with van der Waals surface area (Å²) in [6, 6.07) is 0.879. The van der Waals surface area contributed by atoms with Gasteiger partial charge in [0.15, 0.2) is 0 Å². The first-order valence-corrected chi connectivity index (χ1v) is 10.5. The minimum atomic E-state index is 0.0812. The zero-order chi connectivity index (χ0) is 17.9. The number of imidazole rings is 1. The Morgan fingerprint density at radius 1 is 1.19 bits per heavy atom. The van der Waals surface area contributed by atoms with Gasteiger partial charge in [0, 0.05) is 32.1 Å². The number of urea groups is 1. The van der Waals surface area contributed by atoms with E-state index in [1.54, 1.807) is 0 Å². The number of hydrogen-bond acceptors (Lipinski definition) is 3. The molecule has 3 aliphatic rings. The number of hydrogen-bond donors (Lipinski definition) is 2. The minimum Gasteiger partial charge on any atom is -0.344 e. The molecule has 6 heteroatoms. The first kappa shape index (κ1) is 17.8. The number of nitrogens with one attached hydrogen (secondary N) is 2. The number of amides is 2. The van der Waals surface area contributed by atoms with Crippen LogP contribution in [0.4, 0.5) is 4.79 Å². The maximum absolute atomic E-state index is 12.6. The average Bonchev–Trinajstić information content (AvgIpc) is 3.06. The normalized spacial score (nSPS) is 25.1. The third-order valence-electron chi connectivity index (χ3n) is 6.42. The molecule has 26 heavy (non-hydrogen) atoms. The fraction of sp³-hybridized carbons (Fsp3) is 0.800. The number of likely N-dealkylation sites (tertiary alicyclic amines) is 1. The second-order valence-corrected chi connectivity index (χ2v) is 8.40. The fourth-order valence-corrected chi connectivity index (χ4v) is 5.00. The highest BCUT2D eigenvalue weighted by atomic mass is 16.2. The van der Waals surface area contributed by atoms with Gasteiger partial charge in [-0.3, -0.25) is 0 Å². The van der Waals surface area contributed by atoms with E-state index in [0.717, 1.165) is 49.3 Å². The summed E-state index contributed by atoms with van der Waals surface area (Å²) in [6.07, 6.45) is 10.3. The molecular formula is C20H33N5O. The van der Waals surface area contributed by atoms with E-state index < -0.39 is 0 Å². The Morgan fingerprint density at radius 3 is 2.88 bits per heavy atom. The zero-order valence-corrected chi connectivity index (χ0v) is 16.1. The van der Waals surface area contributed by atoms with Crippen LogP contribution < -0.4 is 5.32 Å². The van der Waals surface area contributed by atoms with E-state index in [1.165, 1.54) is 51.5 Å². The predicted molar refractivity (Wildman–Crippen MR) is 102 cm³/mol. The van der Waals surface area contributed by atoms with Crippen molar-refractivity contribution in [3.63, 3.8) is 0 Å². The van der Waals surface area contributed by atoms with E-state index in [2.05, 4.69) is 20.2 Å². The molecule has 0 bridgehead atoms. The lowest BCUT2D eigenvalue weighted by atomic mass is 9.90. The Morgan fingerprint density at radius 2 is 2.04 bits per heavy atom. The Labute approximate surface area is 156 Å². The van der Waals surface area contributed by atoms with Crippen molar-refractivity contribution in [3.05, 3.63) is 17.2 Å². The molecular weight excluding hydrogens is 326 g/mol. The molecule has 1 aromatic heterocycles. The Balaban J connectivity index is 1.25. The minimum absolute atomic E-state index is 0.0812. The average molecular weight is 360 g/mol. The molecule has 144 valence electrons. The van der Waals surface area contributed by atoms with E-state index in [9.17, 15) is 4.79 Å². The van der Waals surface area contributed by atoms with Gasteiger partial charge >= 0.3 is 6.03 Å². The first-order chi connectivity index (χ1) is 12.7. The molecule has 2 N–H and O–H groups in total. The topological polar surface area (TPSA) is 64.3 Å². The maximum Gasteiger partial charge on any atom is 0.317 e. The second-order valence-electron chi connectivity index (χ2n) is 8.40. The monoisotopic (exact) mass is 359 g/mol. The number of carbonyl (C=O) groups excluding carboxylic acids is 1. The molecule has 3 heterocycles. The number of aromatic nitrogens is 2. The summed E-state index contributed by atoms with van der Waals surface area (Å²) in [4.78, 5) is 25.0. The number of rotatable bonds is 3. The molecule has 1 aromatic rings. The highest BCUT2D eigenvalue weighted by Gasteiger charge is 2.28. The van der Waals surface area contributed by atoms with Crippen molar-refractivity contribution in [2.45, 2.75) is 70.9 Å². The molecule has 2 fully saturated rings. The van der Waals surface area contributed by atoms with Gasteiger partial charge in [-0.1, -0.05) is 19.3 Å². The highest BCUT2D eigenvalue weighted by Crippen LogP contribution is 2.27. The van der Waals surface area contributed by atoms with Crippen LogP contribution in [0.3, 0.4) is 0 Å². The van der Waals surface area contributed by atoms with Gasteiger partial charge < -0.3 is 20.1 Å². The summed E-state index contributed by atoms with van der Waals surface area (Å²) in [6.45, 7) is 6.62. The van der Waals surface area contributed by atoms with Gasteiger partial charge in [0.05, 0.1) is 17.9 Å². The van der Waals surface area contributed by atoms with Crippen LogP contribution in [0.2, 0.25) is 0 Å². The second kappa shape index (κ2) is 7.99. The lowest BCUT2D eigenvalue weighted by Gasteiger charge is -2.40.